The summed E-state index contributed by atoms with van der Waals surface area (Å²) in [4.78, 5) is 29.0. The van der Waals surface area contributed by atoms with Crippen molar-refractivity contribution >= 4 is 17.6 Å². The molecule has 1 aliphatic rings. The van der Waals surface area contributed by atoms with Gasteiger partial charge in [0, 0.05) is 6.07 Å². The Bertz CT molecular complexity index is 751. The van der Waals surface area contributed by atoms with Crippen molar-refractivity contribution in [3.8, 4) is 11.6 Å². The first kappa shape index (κ1) is 15.0. The maximum Gasteiger partial charge on any atom is 0.329 e. The van der Waals surface area contributed by atoms with E-state index in [1.54, 1.807) is 19.1 Å². The number of aromatic nitrogens is 1. The van der Waals surface area contributed by atoms with E-state index in [2.05, 4.69) is 10.3 Å². The Morgan fingerprint density at radius 2 is 1.83 bits per heavy atom. The summed E-state index contributed by atoms with van der Waals surface area (Å²) in [5.41, 5.74) is 2.45. The van der Waals surface area contributed by atoms with Crippen LogP contribution in [0.2, 0.25) is 0 Å². The van der Waals surface area contributed by atoms with Gasteiger partial charge in [-0.25, -0.2) is 14.7 Å². The molecule has 0 aliphatic carbocycles. The minimum absolute atomic E-state index is 0.291. The van der Waals surface area contributed by atoms with E-state index in [9.17, 15) is 9.59 Å². The van der Waals surface area contributed by atoms with E-state index in [0.717, 1.165) is 21.8 Å². The predicted octanol–water partition coefficient (Wildman–Crippen LogP) is 2.94. The maximum absolute atomic E-state index is 12.0. The second kappa shape index (κ2) is 5.72. The quantitative estimate of drug-likeness (QED) is 0.885. The fourth-order valence-corrected chi connectivity index (χ4v) is 2.48. The molecular weight excluding hydrogens is 294 g/mol. The zero-order chi connectivity index (χ0) is 16.6. The van der Waals surface area contributed by atoms with Crippen LogP contribution >= 0.6 is 0 Å². The third kappa shape index (κ3) is 2.75. The van der Waals surface area contributed by atoms with Gasteiger partial charge in [0.15, 0.2) is 0 Å². The van der Waals surface area contributed by atoms with E-state index in [4.69, 9.17) is 4.74 Å². The molecule has 6 heteroatoms. The number of nitrogens with one attached hydrogen (secondary N) is 1. The zero-order valence-corrected chi connectivity index (χ0v) is 13.2. The van der Waals surface area contributed by atoms with Crippen molar-refractivity contribution < 1.29 is 14.3 Å². The highest BCUT2D eigenvalue weighted by molar-refractivity contribution is 6.21. The fourth-order valence-electron chi connectivity index (χ4n) is 2.48. The number of hydrogen-bond acceptors (Lipinski definition) is 4. The Kier molecular flexibility index (Phi) is 3.73. The fraction of sp³-hybridized carbons (Fsp3) is 0.235. The summed E-state index contributed by atoms with van der Waals surface area (Å²) < 4.78 is 5.82. The summed E-state index contributed by atoms with van der Waals surface area (Å²) in [7, 11) is 0. The molecule has 2 heterocycles. The molecule has 118 valence electrons. The van der Waals surface area contributed by atoms with E-state index in [-0.39, 0.29) is 5.91 Å². The highest BCUT2D eigenvalue weighted by Crippen LogP contribution is 2.28. The van der Waals surface area contributed by atoms with E-state index in [1.807, 2.05) is 32.0 Å². The van der Waals surface area contributed by atoms with Gasteiger partial charge in [-0.1, -0.05) is 18.2 Å². The van der Waals surface area contributed by atoms with Crippen molar-refractivity contribution in [2.24, 2.45) is 0 Å². The van der Waals surface area contributed by atoms with Gasteiger partial charge in [-0.05, 0) is 38.0 Å². The van der Waals surface area contributed by atoms with Gasteiger partial charge in [-0.2, -0.15) is 0 Å². The van der Waals surface area contributed by atoms with Crippen molar-refractivity contribution in [3.63, 3.8) is 0 Å². The van der Waals surface area contributed by atoms with Crippen LogP contribution in [0.3, 0.4) is 0 Å². The molecule has 0 radical (unpaired) electrons. The van der Waals surface area contributed by atoms with Gasteiger partial charge in [-0.15, -0.1) is 0 Å². The highest BCUT2D eigenvalue weighted by atomic mass is 16.5. The van der Waals surface area contributed by atoms with Crippen molar-refractivity contribution in [3.05, 3.63) is 47.7 Å². The predicted molar refractivity (Wildman–Crippen MR) is 85.7 cm³/mol. The molecule has 1 fully saturated rings. The molecule has 0 spiro atoms. The van der Waals surface area contributed by atoms with Gasteiger partial charge in [-0.3, -0.25) is 4.79 Å². The lowest BCUT2D eigenvalue weighted by molar-refractivity contribution is -0.117. The normalized spacial score (nSPS) is 17.3. The lowest BCUT2D eigenvalue weighted by atomic mass is 10.1. The second-order valence-electron chi connectivity index (χ2n) is 5.52. The molecule has 1 N–H and O–H groups in total. The van der Waals surface area contributed by atoms with E-state index in [0.29, 0.717) is 11.6 Å². The van der Waals surface area contributed by atoms with Gasteiger partial charge < -0.3 is 10.1 Å². The smallest absolute Gasteiger partial charge is 0.329 e. The molecule has 23 heavy (non-hydrogen) atoms. The summed E-state index contributed by atoms with van der Waals surface area (Å²) in [6.45, 7) is 5.57. The van der Waals surface area contributed by atoms with Crippen molar-refractivity contribution in [2.75, 3.05) is 4.90 Å². The minimum atomic E-state index is -0.520. The van der Waals surface area contributed by atoms with Gasteiger partial charge >= 0.3 is 6.03 Å². The van der Waals surface area contributed by atoms with Crippen LogP contribution in [0.15, 0.2) is 36.5 Å². The average molecular weight is 311 g/mol. The molecular formula is C17H17N3O3. The summed E-state index contributed by atoms with van der Waals surface area (Å²) in [5.74, 6) is 0.878. The Morgan fingerprint density at radius 1 is 1.13 bits per heavy atom. The lowest BCUT2D eigenvalue weighted by Crippen LogP contribution is -2.30. The van der Waals surface area contributed by atoms with E-state index < -0.39 is 12.1 Å². The molecule has 3 rings (SSSR count). The molecule has 0 unspecified atom stereocenters. The third-order valence-corrected chi connectivity index (χ3v) is 3.73. The highest BCUT2D eigenvalue weighted by Gasteiger charge is 2.36. The number of benzene rings is 1. The molecule has 0 bridgehead atoms. The standard InChI is InChI=1S/C17H17N3O3/c1-10-5-4-6-11(2)15(10)23-14-8-7-13(9-18-14)20-16(21)12(3)19-17(20)22/h4-9,12H,1-3H3,(H,19,22)/t12-/m1/s1. The average Bonchev–Trinajstić information content (AvgIpc) is 2.77. The van der Waals surface area contributed by atoms with Crippen molar-refractivity contribution in [1.29, 1.82) is 0 Å². The second-order valence-corrected chi connectivity index (χ2v) is 5.52. The number of amides is 3. The van der Waals surface area contributed by atoms with Crippen LogP contribution in [0.1, 0.15) is 18.1 Å². The summed E-state index contributed by atoms with van der Waals surface area (Å²) in [6, 6.07) is 8.22. The van der Waals surface area contributed by atoms with Crippen LogP contribution in [0.25, 0.3) is 0 Å². The summed E-state index contributed by atoms with van der Waals surface area (Å²) in [5, 5.41) is 2.56. The van der Waals surface area contributed by atoms with Crippen LogP contribution < -0.4 is 15.0 Å². The number of carbonyl (C=O) groups is 2. The number of aryl methyl sites for hydroxylation is 2. The van der Waals surface area contributed by atoms with Crippen molar-refractivity contribution in [2.45, 2.75) is 26.8 Å². The molecule has 6 nitrogen and oxygen atoms in total. The third-order valence-electron chi connectivity index (χ3n) is 3.73. The number of rotatable bonds is 3. The number of anilines is 1. The Hall–Kier alpha value is -2.89. The molecule has 3 amide bonds. The van der Waals surface area contributed by atoms with Crippen LogP contribution in [0.5, 0.6) is 11.6 Å². The Morgan fingerprint density at radius 3 is 2.35 bits per heavy atom. The molecule has 0 saturated carbocycles. The molecule has 1 aromatic carbocycles. The molecule has 1 aromatic heterocycles. The van der Waals surface area contributed by atoms with Crippen molar-refractivity contribution in [1.82, 2.24) is 10.3 Å². The summed E-state index contributed by atoms with van der Waals surface area (Å²) in [6.07, 6.45) is 1.46. The minimum Gasteiger partial charge on any atom is -0.438 e. The first-order chi connectivity index (χ1) is 11.0. The van der Waals surface area contributed by atoms with Crippen LogP contribution in [-0.4, -0.2) is 23.0 Å². The van der Waals surface area contributed by atoms with Gasteiger partial charge in [0.05, 0.1) is 11.9 Å². The van der Waals surface area contributed by atoms with Crippen LogP contribution in [-0.2, 0) is 4.79 Å². The Labute approximate surface area is 134 Å². The number of imide groups is 1. The number of urea groups is 1. The van der Waals surface area contributed by atoms with E-state index in [1.165, 1.54) is 6.20 Å². The molecule has 2 aromatic rings. The SMILES string of the molecule is Cc1cccc(C)c1Oc1ccc(N2C(=O)N[C@H](C)C2=O)cn1. The molecule has 1 atom stereocenters. The first-order valence-electron chi connectivity index (χ1n) is 7.32. The molecule has 1 aliphatic heterocycles. The number of nitrogens with zero attached hydrogens (tertiary/aromatic N) is 2. The lowest BCUT2D eigenvalue weighted by Gasteiger charge is -2.14. The van der Waals surface area contributed by atoms with Crippen LogP contribution in [0, 0.1) is 13.8 Å². The van der Waals surface area contributed by atoms with Crippen LogP contribution in [0.4, 0.5) is 10.5 Å². The number of pyridine rings is 1. The first-order valence-corrected chi connectivity index (χ1v) is 7.32. The topological polar surface area (TPSA) is 71.5 Å². The molecule has 1 saturated heterocycles. The number of carbonyl (C=O) groups excluding carboxylic acids is 2. The number of para-hydroxylation sites is 1. The zero-order valence-electron chi connectivity index (χ0n) is 13.2. The van der Waals surface area contributed by atoms with Gasteiger partial charge in [0.25, 0.3) is 5.91 Å². The maximum atomic E-state index is 12.0. The van der Waals surface area contributed by atoms with E-state index >= 15 is 0 Å². The number of ether oxygens (including phenoxy) is 1. The summed E-state index contributed by atoms with van der Waals surface area (Å²) >= 11 is 0. The number of hydrogen-bond donors (Lipinski definition) is 1. The van der Waals surface area contributed by atoms with Gasteiger partial charge in [0.2, 0.25) is 5.88 Å². The monoisotopic (exact) mass is 311 g/mol. The largest absolute Gasteiger partial charge is 0.438 e. The van der Waals surface area contributed by atoms with Gasteiger partial charge in [0.1, 0.15) is 11.8 Å². The Balaban J connectivity index is 1.83.